The van der Waals surface area contributed by atoms with Crippen LogP contribution in [0.2, 0.25) is 5.02 Å². The first kappa shape index (κ1) is 16.0. The molecular weight excluding hydrogens is 306 g/mol. The van der Waals surface area contributed by atoms with Gasteiger partial charge in [0, 0.05) is 27.4 Å². The highest BCUT2D eigenvalue weighted by molar-refractivity contribution is 7.12. The van der Waals surface area contributed by atoms with E-state index in [2.05, 4.69) is 12.2 Å². The molecule has 0 amide bonds. The predicted molar refractivity (Wildman–Crippen MR) is 87.1 cm³/mol. The van der Waals surface area contributed by atoms with E-state index in [0.717, 1.165) is 33.3 Å². The second-order valence-corrected chi connectivity index (χ2v) is 6.68. The van der Waals surface area contributed by atoms with Crippen LogP contribution in [0.5, 0.6) is 0 Å². The van der Waals surface area contributed by atoms with Crippen LogP contribution in [0.3, 0.4) is 0 Å². The normalized spacial score (nSPS) is 12.3. The molecule has 5 heteroatoms. The second kappa shape index (κ2) is 7.59. The lowest BCUT2D eigenvalue weighted by atomic mass is 10.1. The molecule has 21 heavy (non-hydrogen) atoms. The molecular formula is C16H18ClNO2S. The lowest BCUT2D eigenvalue weighted by Gasteiger charge is -2.14. The molecule has 1 heterocycles. The summed E-state index contributed by atoms with van der Waals surface area (Å²) in [6.07, 6.45) is 0.965. The van der Waals surface area contributed by atoms with Crippen molar-refractivity contribution in [2.24, 2.45) is 0 Å². The van der Waals surface area contributed by atoms with E-state index >= 15 is 0 Å². The molecule has 0 aliphatic carbocycles. The number of hydrogen-bond donors (Lipinski definition) is 2. The number of benzene rings is 1. The molecule has 0 aliphatic heterocycles. The van der Waals surface area contributed by atoms with Crippen molar-refractivity contribution in [3.05, 3.63) is 56.7 Å². The van der Waals surface area contributed by atoms with Crippen LogP contribution in [0.1, 0.15) is 22.2 Å². The van der Waals surface area contributed by atoms with Crippen molar-refractivity contribution >= 4 is 28.9 Å². The summed E-state index contributed by atoms with van der Waals surface area (Å²) >= 11 is 7.70. The number of carboxylic acids is 1. The summed E-state index contributed by atoms with van der Waals surface area (Å²) in [5, 5.41) is 13.0. The van der Waals surface area contributed by atoms with Crippen LogP contribution in [0.4, 0.5) is 0 Å². The number of carboxylic acid groups (broad SMARTS) is 1. The third-order valence-corrected chi connectivity index (χ3v) is 4.61. The van der Waals surface area contributed by atoms with E-state index in [-0.39, 0.29) is 6.42 Å². The zero-order chi connectivity index (χ0) is 15.2. The SMILES string of the molecule is CC(Cc1ccccc1Cl)NCc1ccc(CC(=O)O)s1. The number of aliphatic carboxylic acids is 1. The minimum atomic E-state index is -0.788. The van der Waals surface area contributed by atoms with Gasteiger partial charge in [0.1, 0.15) is 0 Å². The third-order valence-electron chi connectivity index (χ3n) is 3.15. The van der Waals surface area contributed by atoms with Crippen molar-refractivity contribution in [2.45, 2.75) is 32.4 Å². The number of thiophene rings is 1. The minimum Gasteiger partial charge on any atom is -0.481 e. The zero-order valence-corrected chi connectivity index (χ0v) is 13.4. The summed E-state index contributed by atoms with van der Waals surface area (Å²) in [7, 11) is 0. The summed E-state index contributed by atoms with van der Waals surface area (Å²) in [6, 6.07) is 12.0. The first-order valence-corrected chi connectivity index (χ1v) is 8.00. The Kier molecular flexibility index (Phi) is 5.79. The molecule has 3 nitrogen and oxygen atoms in total. The van der Waals surface area contributed by atoms with Crippen LogP contribution in [-0.2, 0) is 24.2 Å². The zero-order valence-electron chi connectivity index (χ0n) is 11.8. The van der Waals surface area contributed by atoms with Gasteiger partial charge in [-0.2, -0.15) is 0 Å². The molecule has 112 valence electrons. The molecule has 0 aliphatic rings. The maximum absolute atomic E-state index is 10.7. The summed E-state index contributed by atoms with van der Waals surface area (Å²) in [4.78, 5) is 12.7. The van der Waals surface area contributed by atoms with E-state index in [9.17, 15) is 4.79 Å². The van der Waals surface area contributed by atoms with Crippen molar-refractivity contribution in [1.82, 2.24) is 5.32 Å². The Labute approximate surface area is 133 Å². The van der Waals surface area contributed by atoms with Gasteiger partial charge in [-0.3, -0.25) is 4.79 Å². The first-order valence-electron chi connectivity index (χ1n) is 6.81. The van der Waals surface area contributed by atoms with Crippen molar-refractivity contribution in [2.75, 3.05) is 0 Å². The lowest BCUT2D eigenvalue weighted by molar-refractivity contribution is -0.136. The van der Waals surface area contributed by atoms with E-state index in [4.69, 9.17) is 16.7 Å². The highest BCUT2D eigenvalue weighted by Gasteiger charge is 2.08. The number of halogens is 1. The van der Waals surface area contributed by atoms with E-state index < -0.39 is 5.97 Å². The Balaban J connectivity index is 1.84. The lowest BCUT2D eigenvalue weighted by Crippen LogP contribution is -2.27. The number of rotatable bonds is 7. The van der Waals surface area contributed by atoms with E-state index in [1.165, 1.54) is 0 Å². The number of hydrogen-bond acceptors (Lipinski definition) is 3. The van der Waals surface area contributed by atoms with Gasteiger partial charge in [-0.1, -0.05) is 29.8 Å². The van der Waals surface area contributed by atoms with Crippen LogP contribution in [-0.4, -0.2) is 17.1 Å². The molecule has 0 bridgehead atoms. The fourth-order valence-electron chi connectivity index (χ4n) is 2.10. The molecule has 0 spiro atoms. The predicted octanol–water partition coefficient (Wildman–Crippen LogP) is 3.75. The third kappa shape index (κ3) is 5.16. The largest absolute Gasteiger partial charge is 0.481 e. The van der Waals surface area contributed by atoms with Crippen LogP contribution >= 0.6 is 22.9 Å². The van der Waals surface area contributed by atoms with E-state index in [0.29, 0.717) is 6.04 Å². The van der Waals surface area contributed by atoms with Gasteiger partial charge in [0.05, 0.1) is 6.42 Å². The van der Waals surface area contributed by atoms with Gasteiger partial charge in [0.25, 0.3) is 0 Å². The topological polar surface area (TPSA) is 49.3 Å². The van der Waals surface area contributed by atoms with Gasteiger partial charge in [-0.25, -0.2) is 0 Å². The Bertz CT molecular complexity index is 612. The van der Waals surface area contributed by atoms with Crippen LogP contribution in [0.25, 0.3) is 0 Å². The van der Waals surface area contributed by atoms with Crippen molar-refractivity contribution in [1.29, 1.82) is 0 Å². The standard InChI is InChI=1S/C16H18ClNO2S/c1-11(8-12-4-2-3-5-15(12)17)18-10-14-7-6-13(21-14)9-16(19)20/h2-7,11,18H,8-10H2,1H3,(H,19,20). The molecule has 1 atom stereocenters. The average molecular weight is 324 g/mol. The molecule has 2 rings (SSSR count). The molecule has 1 unspecified atom stereocenters. The van der Waals surface area contributed by atoms with E-state index in [1.54, 1.807) is 11.3 Å². The highest BCUT2D eigenvalue weighted by Crippen LogP contribution is 2.19. The Morgan fingerprint density at radius 3 is 2.71 bits per heavy atom. The first-order chi connectivity index (χ1) is 10.0. The fourth-order valence-corrected chi connectivity index (χ4v) is 3.28. The number of nitrogens with one attached hydrogen (secondary N) is 1. The summed E-state index contributed by atoms with van der Waals surface area (Å²) in [5.74, 6) is -0.788. The quantitative estimate of drug-likeness (QED) is 0.816. The van der Waals surface area contributed by atoms with Gasteiger partial charge >= 0.3 is 5.97 Å². The highest BCUT2D eigenvalue weighted by atomic mass is 35.5. The smallest absolute Gasteiger partial charge is 0.308 e. The molecule has 0 radical (unpaired) electrons. The molecule has 2 aromatic rings. The van der Waals surface area contributed by atoms with Gasteiger partial charge in [0.15, 0.2) is 0 Å². The summed E-state index contributed by atoms with van der Waals surface area (Å²) in [6.45, 7) is 2.87. The molecule has 1 aromatic heterocycles. The van der Waals surface area contributed by atoms with Crippen molar-refractivity contribution in [3.8, 4) is 0 Å². The number of carbonyl (C=O) groups is 1. The summed E-state index contributed by atoms with van der Waals surface area (Å²) < 4.78 is 0. The second-order valence-electron chi connectivity index (χ2n) is 5.02. The van der Waals surface area contributed by atoms with Crippen molar-refractivity contribution in [3.63, 3.8) is 0 Å². The molecule has 1 aromatic carbocycles. The Hall–Kier alpha value is -1.36. The van der Waals surface area contributed by atoms with Gasteiger partial charge in [0.2, 0.25) is 0 Å². The van der Waals surface area contributed by atoms with Crippen LogP contribution in [0.15, 0.2) is 36.4 Å². The maximum Gasteiger partial charge on any atom is 0.308 e. The maximum atomic E-state index is 10.7. The summed E-state index contributed by atoms with van der Waals surface area (Å²) in [5.41, 5.74) is 1.14. The minimum absolute atomic E-state index is 0.0971. The molecule has 0 saturated heterocycles. The molecule has 0 fully saturated rings. The fraction of sp³-hybridized carbons (Fsp3) is 0.312. The van der Waals surface area contributed by atoms with Gasteiger partial charge in [-0.15, -0.1) is 11.3 Å². The Morgan fingerprint density at radius 1 is 1.29 bits per heavy atom. The van der Waals surface area contributed by atoms with Crippen molar-refractivity contribution < 1.29 is 9.90 Å². The monoisotopic (exact) mass is 323 g/mol. The van der Waals surface area contributed by atoms with Gasteiger partial charge in [-0.05, 0) is 37.1 Å². The average Bonchev–Trinajstić information content (AvgIpc) is 2.86. The van der Waals surface area contributed by atoms with Crippen LogP contribution in [0, 0.1) is 0 Å². The van der Waals surface area contributed by atoms with Crippen LogP contribution < -0.4 is 5.32 Å². The molecule has 0 saturated carbocycles. The Morgan fingerprint density at radius 2 is 2.00 bits per heavy atom. The molecule has 2 N–H and O–H groups in total. The van der Waals surface area contributed by atoms with Gasteiger partial charge < -0.3 is 10.4 Å². The van der Waals surface area contributed by atoms with E-state index in [1.807, 2.05) is 36.4 Å².